The summed E-state index contributed by atoms with van der Waals surface area (Å²) in [4.78, 5) is 15.5. The van der Waals surface area contributed by atoms with E-state index in [2.05, 4.69) is 15.2 Å². The molecular weight excluding hydrogens is 218 g/mol. The fourth-order valence-electron chi connectivity index (χ4n) is 1.75. The highest BCUT2D eigenvalue weighted by atomic mass is 16.4. The van der Waals surface area contributed by atoms with Crippen molar-refractivity contribution in [2.45, 2.75) is 52.4 Å². The Balaban J connectivity index is 3.08. The molecule has 0 saturated carbocycles. The summed E-state index contributed by atoms with van der Waals surface area (Å²) in [6.07, 6.45) is 2.86. The van der Waals surface area contributed by atoms with Crippen molar-refractivity contribution in [2.24, 2.45) is 0 Å². The summed E-state index contributed by atoms with van der Waals surface area (Å²) in [5.41, 5.74) is 1.72. The van der Waals surface area contributed by atoms with Crippen molar-refractivity contribution in [3.8, 4) is 0 Å². The first-order chi connectivity index (χ1) is 8.13. The molecule has 0 aromatic carbocycles. The molecule has 0 amide bonds. The second kappa shape index (κ2) is 6.27. The maximum atomic E-state index is 11.1. The van der Waals surface area contributed by atoms with Gasteiger partial charge in [0.25, 0.3) is 0 Å². The molecule has 0 aliphatic heterocycles. The van der Waals surface area contributed by atoms with Gasteiger partial charge in [0.05, 0.1) is 11.4 Å². The van der Waals surface area contributed by atoms with Gasteiger partial charge in [0.1, 0.15) is 5.92 Å². The van der Waals surface area contributed by atoms with Gasteiger partial charge in [-0.3, -0.25) is 4.79 Å². The molecule has 1 unspecified atom stereocenters. The van der Waals surface area contributed by atoms with E-state index in [1.54, 1.807) is 0 Å². The van der Waals surface area contributed by atoms with Crippen LogP contribution < -0.4 is 0 Å². The number of aryl methyl sites for hydroxylation is 2. The number of carboxylic acids is 1. The zero-order chi connectivity index (χ0) is 12.8. The number of carboxylic acid groups (broad SMARTS) is 1. The second-order valence-electron chi connectivity index (χ2n) is 3.95. The molecule has 1 rings (SSSR count). The second-order valence-corrected chi connectivity index (χ2v) is 3.95. The van der Waals surface area contributed by atoms with E-state index < -0.39 is 11.9 Å². The zero-order valence-corrected chi connectivity index (χ0v) is 10.6. The molecule has 1 heterocycles. The Morgan fingerprint density at radius 1 is 1.18 bits per heavy atom. The Labute approximate surface area is 101 Å². The predicted octanol–water partition coefficient (Wildman–Crippen LogP) is 1.96. The van der Waals surface area contributed by atoms with E-state index in [0.29, 0.717) is 12.2 Å². The van der Waals surface area contributed by atoms with E-state index in [-0.39, 0.29) is 0 Å². The SMILES string of the molecule is CCCC(C(=O)O)c1nnc(CC)c(CC)n1. The Morgan fingerprint density at radius 2 is 1.82 bits per heavy atom. The van der Waals surface area contributed by atoms with Crippen molar-refractivity contribution in [2.75, 3.05) is 0 Å². The summed E-state index contributed by atoms with van der Waals surface area (Å²) < 4.78 is 0. The molecule has 1 atom stereocenters. The monoisotopic (exact) mass is 237 g/mol. The minimum atomic E-state index is -0.875. The molecule has 5 heteroatoms. The summed E-state index contributed by atoms with van der Waals surface area (Å²) >= 11 is 0. The van der Waals surface area contributed by atoms with Crippen molar-refractivity contribution < 1.29 is 9.90 Å². The third kappa shape index (κ3) is 3.22. The third-order valence-electron chi connectivity index (χ3n) is 2.71. The van der Waals surface area contributed by atoms with Gasteiger partial charge in [-0.2, -0.15) is 5.10 Å². The van der Waals surface area contributed by atoms with Crippen LogP contribution in [0.5, 0.6) is 0 Å². The van der Waals surface area contributed by atoms with Gasteiger partial charge in [-0.15, -0.1) is 5.10 Å². The maximum Gasteiger partial charge on any atom is 0.314 e. The van der Waals surface area contributed by atoms with Crippen LogP contribution in [0.4, 0.5) is 0 Å². The largest absolute Gasteiger partial charge is 0.481 e. The lowest BCUT2D eigenvalue weighted by molar-refractivity contribution is -0.139. The lowest BCUT2D eigenvalue weighted by atomic mass is 10.0. The van der Waals surface area contributed by atoms with Crippen molar-refractivity contribution in [1.29, 1.82) is 0 Å². The smallest absolute Gasteiger partial charge is 0.314 e. The molecule has 0 aliphatic carbocycles. The number of aromatic nitrogens is 3. The first kappa shape index (κ1) is 13.5. The van der Waals surface area contributed by atoms with E-state index in [1.807, 2.05) is 20.8 Å². The fourth-order valence-corrected chi connectivity index (χ4v) is 1.75. The van der Waals surface area contributed by atoms with E-state index in [9.17, 15) is 4.79 Å². The molecule has 17 heavy (non-hydrogen) atoms. The lowest BCUT2D eigenvalue weighted by Gasteiger charge is -2.11. The van der Waals surface area contributed by atoms with Gasteiger partial charge >= 0.3 is 5.97 Å². The van der Waals surface area contributed by atoms with Gasteiger partial charge in [-0.25, -0.2) is 4.98 Å². The first-order valence-corrected chi connectivity index (χ1v) is 6.09. The van der Waals surface area contributed by atoms with Gasteiger partial charge in [0, 0.05) is 0 Å². The highest BCUT2D eigenvalue weighted by molar-refractivity contribution is 5.74. The lowest BCUT2D eigenvalue weighted by Crippen LogP contribution is -2.17. The summed E-state index contributed by atoms with van der Waals surface area (Å²) in [5, 5.41) is 17.2. The Kier molecular flexibility index (Phi) is 5.00. The molecular formula is C12H19N3O2. The van der Waals surface area contributed by atoms with Gasteiger partial charge in [-0.05, 0) is 19.3 Å². The van der Waals surface area contributed by atoms with Gasteiger partial charge in [-0.1, -0.05) is 27.2 Å². The van der Waals surface area contributed by atoms with Crippen LogP contribution in [0.15, 0.2) is 0 Å². The van der Waals surface area contributed by atoms with Crippen molar-refractivity contribution in [1.82, 2.24) is 15.2 Å². The molecule has 94 valence electrons. The minimum absolute atomic E-state index is 0.341. The summed E-state index contributed by atoms with van der Waals surface area (Å²) in [6, 6.07) is 0. The zero-order valence-electron chi connectivity index (χ0n) is 10.6. The fraction of sp³-hybridized carbons (Fsp3) is 0.667. The summed E-state index contributed by atoms with van der Waals surface area (Å²) in [6.45, 7) is 5.93. The number of nitrogens with zero attached hydrogens (tertiary/aromatic N) is 3. The average molecular weight is 237 g/mol. The van der Waals surface area contributed by atoms with Crippen molar-refractivity contribution in [3.05, 3.63) is 17.2 Å². The van der Waals surface area contributed by atoms with Crippen LogP contribution in [0.25, 0.3) is 0 Å². The van der Waals surface area contributed by atoms with E-state index in [4.69, 9.17) is 5.11 Å². The summed E-state index contributed by atoms with van der Waals surface area (Å²) in [7, 11) is 0. The molecule has 1 aromatic heterocycles. The normalized spacial score (nSPS) is 12.4. The van der Waals surface area contributed by atoms with Gasteiger partial charge in [0.15, 0.2) is 5.82 Å². The topological polar surface area (TPSA) is 76.0 Å². The standard InChI is InChI=1S/C12H19N3O2/c1-4-7-8(12(16)17)11-13-9(5-2)10(6-3)14-15-11/h8H,4-7H2,1-3H3,(H,16,17). The van der Waals surface area contributed by atoms with E-state index in [1.165, 1.54) is 0 Å². The Morgan fingerprint density at radius 3 is 2.29 bits per heavy atom. The average Bonchev–Trinajstić information content (AvgIpc) is 2.34. The van der Waals surface area contributed by atoms with Gasteiger partial charge in [0.2, 0.25) is 0 Å². The van der Waals surface area contributed by atoms with E-state index in [0.717, 1.165) is 30.7 Å². The number of rotatable bonds is 6. The molecule has 0 radical (unpaired) electrons. The quantitative estimate of drug-likeness (QED) is 0.818. The van der Waals surface area contributed by atoms with Crippen molar-refractivity contribution in [3.63, 3.8) is 0 Å². The van der Waals surface area contributed by atoms with Crippen LogP contribution >= 0.6 is 0 Å². The van der Waals surface area contributed by atoms with Crippen LogP contribution in [0.3, 0.4) is 0 Å². The van der Waals surface area contributed by atoms with E-state index >= 15 is 0 Å². The number of carbonyl (C=O) groups is 1. The third-order valence-corrected chi connectivity index (χ3v) is 2.71. The molecule has 5 nitrogen and oxygen atoms in total. The van der Waals surface area contributed by atoms with Crippen LogP contribution in [-0.2, 0) is 17.6 Å². The van der Waals surface area contributed by atoms with Crippen LogP contribution in [0.1, 0.15) is 56.7 Å². The number of aliphatic carboxylic acids is 1. The van der Waals surface area contributed by atoms with Crippen LogP contribution in [0, 0.1) is 0 Å². The molecule has 0 aliphatic rings. The Bertz CT molecular complexity index is 393. The molecule has 0 spiro atoms. The van der Waals surface area contributed by atoms with Crippen molar-refractivity contribution >= 4 is 5.97 Å². The minimum Gasteiger partial charge on any atom is -0.481 e. The highest BCUT2D eigenvalue weighted by Crippen LogP contribution is 2.18. The molecule has 1 aromatic rings. The number of hydrogen-bond acceptors (Lipinski definition) is 4. The molecule has 0 saturated heterocycles. The molecule has 1 N–H and O–H groups in total. The van der Waals surface area contributed by atoms with Crippen LogP contribution in [0.2, 0.25) is 0 Å². The molecule has 0 fully saturated rings. The first-order valence-electron chi connectivity index (χ1n) is 6.09. The summed E-state index contributed by atoms with van der Waals surface area (Å²) in [5.74, 6) is -1.17. The maximum absolute atomic E-state index is 11.1. The van der Waals surface area contributed by atoms with Gasteiger partial charge < -0.3 is 5.11 Å². The number of hydrogen-bond donors (Lipinski definition) is 1. The van der Waals surface area contributed by atoms with Crippen LogP contribution in [-0.4, -0.2) is 26.3 Å². The molecule has 0 bridgehead atoms. The highest BCUT2D eigenvalue weighted by Gasteiger charge is 2.23. The predicted molar refractivity (Wildman–Crippen MR) is 63.9 cm³/mol. The Hall–Kier alpha value is -1.52.